The fourth-order valence-corrected chi connectivity index (χ4v) is 4.24. The van der Waals surface area contributed by atoms with Gasteiger partial charge in [0, 0.05) is 22.7 Å². The van der Waals surface area contributed by atoms with E-state index in [9.17, 15) is 14.7 Å². The van der Waals surface area contributed by atoms with Crippen LogP contribution in [0.2, 0.25) is 0 Å². The first-order valence-corrected chi connectivity index (χ1v) is 9.25. The van der Waals surface area contributed by atoms with Gasteiger partial charge in [0.05, 0.1) is 30.2 Å². The van der Waals surface area contributed by atoms with Gasteiger partial charge >= 0.3 is 5.97 Å². The molecule has 26 heavy (non-hydrogen) atoms. The summed E-state index contributed by atoms with van der Waals surface area (Å²) in [6, 6.07) is 5.42. The summed E-state index contributed by atoms with van der Waals surface area (Å²) in [7, 11) is 0. The second-order valence-electron chi connectivity index (χ2n) is 7.60. The molecule has 3 aromatic heterocycles. The Labute approximate surface area is 154 Å². The van der Waals surface area contributed by atoms with Crippen molar-refractivity contribution in [2.45, 2.75) is 33.4 Å². The zero-order chi connectivity index (χ0) is 18.6. The molecule has 134 valence electrons. The predicted octanol–water partition coefficient (Wildman–Crippen LogP) is 3.74. The maximum atomic E-state index is 12.4. The van der Waals surface area contributed by atoms with Crippen molar-refractivity contribution in [1.82, 2.24) is 14.3 Å². The van der Waals surface area contributed by atoms with E-state index >= 15 is 0 Å². The van der Waals surface area contributed by atoms with Crippen molar-refractivity contribution >= 4 is 17.3 Å². The van der Waals surface area contributed by atoms with Crippen LogP contribution in [-0.4, -0.2) is 25.4 Å². The van der Waals surface area contributed by atoms with E-state index in [4.69, 9.17) is 0 Å². The smallest absolute Gasteiger partial charge is 0.341 e. The Morgan fingerprint density at radius 1 is 1.38 bits per heavy atom. The Kier molecular flexibility index (Phi) is 3.66. The van der Waals surface area contributed by atoms with Gasteiger partial charge in [-0.3, -0.25) is 9.48 Å². The minimum atomic E-state index is -1.20. The summed E-state index contributed by atoms with van der Waals surface area (Å²) < 4.78 is 3.87. The van der Waals surface area contributed by atoms with Gasteiger partial charge in [-0.25, -0.2) is 4.79 Å². The third-order valence-corrected chi connectivity index (χ3v) is 5.76. The number of rotatable bonds is 2. The highest BCUT2D eigenvalue weighted by molar-refractivity contribution is 7.13. The van der Waals surface area contributed by atoms with Crippen LogP contribution in [0.3, 0.4) is 0 Å². The molecule has 1 atom stereocenters. The van der Waals surface area contributed by atoms with Gasteiger partial charge in [0.25, 0.3) is 0 Å². The second kappa shape index (κ2) is 5.67. The number of pyridine rings is 1. The number of fused-ring (bicyclic) bond motifs is 3. The summed E-state index contributed by atoms with van der Waals surface area (Å²) in [6.45, 7) is 6.94. The van der Waals surface area contributed by atoms with E-state index in [1.165, 1.54) is 12.3 Å². The van der Waals surface area contributed by atoms with Crippen LogP contribution in [0.1, 0.15) is 37.2 Å². The molecule has 0 unspecified atom stereocenters. The molecule has 4 heterocycles. The van der Waals surface area contributed by atoms with E-state index in [-0.39, 0.29) is 17.0 Å². The fraction of sp³-hybridized carbons (Fsp3) is 0.316. The number of hydrogen-bond acceptors (Lipinski definition) is 4. The lowest BCUT2D eigenvalue weighted by Crippen LogP contribution is -2.35. The largest absolute Gasteiger partial charge is 0.477 e. The van der Waals surface area contributed by atoms with Crippen LogP contribution in [0.15, 0.2) is 40.8 Å². The van der Waals surface area contributed by atoms with E-state index in [1.807, 2.05) is 33.0 Å². The van der Waals surface area contributed by atoms with E-state index in [0.29, 0.717) is 12.2 Å². The van der Waals surface area contributed by atoms with Gasteiger partial charge in [-0.15, -0.1) is 11.3 Å². The number of carbonyl (C=O) groups is 1. The van der Waals surface area contributed by atoms with Crippen molar-refractivity contribution < 1.29 is 9.90 Å². The van der Waals surface area contributed by atoms with Crippen molar-refractivity contribution in [2.75, 3.05) is 0 Å². The van der Waals surface area contributed by atoms with Gasteiger partial charge in [0.1, 0.15) is 5.56 Å². The van der Waals surface area contributed by atoms with Gasteiger partial charge in [-0.1, -0.05) is 26.8 Å². The van der Waals surface area contributed by atoms with Crippen molar-refractivity contribution in [2.24, 2.45) is 5.41 Å². The fourth-order valence-electron chi connectivity index (χ4n) is 3.51. The highest BCUT2D eigenvalue weighted by atomic mass is 32.1. The number of nitrogens with zero attached hydrogens (tertiary/aromatic N) is 3. The Hall–Kier alpha value is -2.67. The van der Waals surface area contributed by atoms with Crippen molar-refractivity contribution in [3.8, 4) is 21.8 Å². The van der Waals surface area contributed by atoms with Gasteiger partial charge < -0.3 is 9.67 Å². The molecule has 0 spiro atoms. The molecular weight excluding hydrogens is 350 g/mol. The van der Waals surface area contributed by atoms with Gasteiger partial charge in [-0.05, 0) is 16.9 Å². The van der Waals surface area contributed by atoms with Crippen LogP contribution >= 0.6 is 11.3 Å². The highest BCUT2D eigenvalue weighted by Crippen LogP contribution is 2.43. The third kappa shape index (κ3) is 2.50. The molecule has 0 bridgehead atoms. The monoisotopic (exact) mass is 369 g/mol. The molecule has 0 saturated heterocycles. The summed E-state index contributed by atoms with van der Waals surface area (Å²) in [4.78, 5) is 25.0. The van der Waals surface area contributed by atoms with Gasteiger partial charge in [-0.2, -0.15) is 5.10 Å². The summed E-state index contributed by atoms with van der Waals surface area (Å²) in [5.41, 5.74) is 1.72. The predicted molar refractivity (Wildman–Crippen MR) is 101 cm³/mol. The van der Waals surface area contributed by atoms with Crippen LogP contribution in [0, 0.1) is 5.41 Å². The highest BCUT2D eigenvalue weighted by Gasteiger charge is 2.35. The summed E-state index contributed by atoms with van der Waals surface area (Å²) in [6.07, 6.45) is 3.32. The topological polar surface area (TPSA) is 77.1 Å². The van der Waals surface area contributed by atoms with Gasteiger partial charge in [0.2, 0.25) is 0 Å². The Bertz CT molecular complexity index is 1050. The van der Waals surface area contributed by atoms with Gasteiger partial charge in [0.15, 0.2) is 5.43 Å². The minimum Gasteiger partial charge on any atom is -0.477 e. The van der Waals surface area contributed by atoms with Crippen LogP contribution < -0.4 is 5.43 Å². The first-order valence-electron chi connectivity index (χ1n) is 8.37. The molecular formula is C19H19N3O3S. The Morgan fingerprint density at radius 2 is 2.15 bits per heavy atom. The molecule has 0 fully saturated rings. The number of thiophene rings is 1. The third-order valence-electron chi connectivity index (χ3n) is 4.86. The molecule has 0 aromatic carbocycles. The van der Waals surface area contributed by atoms with Crippen LogP contribution in [-0.2, 0) is 6.54 Å². The lowest BCUT2D eigenvalue weighted by atomic mass is 9.84. The molecule has 6 nitrogen and oxygen atoms in total. The Morgan fingerprint density at radius 3 is 2.77 bits per heavy atom. The molecule has 0 radical (unpaired) electrons. The van der Waals surface area contributed by atoms with Crippen LogP contribution in [0.5, 0.6) is 0 Å². The normalized spacial score (nSPS) is 16.2. The standard InChI is InChI=1S/C19H19N3O3S/c1-19(2,3)16-10-22-17(11(8-20-22)15-5-4-6-26-15)13-7-14(23)12(18(24)25)9-21(13)16/h4-9,16H,10H2,1-3H3,(H,24,25)/t16-/m0/s1. The number of carboxylic acid groups (broad SMARTS) is 1. The summed E-state index contributed by atoms with van der Waals surface area (Å²) in [5, 5.41) is 15.9. The van der Waals surface area contributed by atoms with Crippen molar-refractivity contribution in [3.63, 3.8) is 0 Å². The quantitative estimate of drug-likeness (QED) is 0.746. The summed E-state index contributed by atoms with van der Waals surface area (Å²) >= 11 is 1.61. The molecule has 0 amide bonds. The van der Waals surface area contributed by atoms with Crippen LogP contribution in [0.4, 0.5) is 0 Å². The van der Waals surface area contributed by atoms with Crippen molar-refractivity contribution in [1.29, 1.82) is 0 Å². The molecule has 1 N–H and O–H groups in total. The van der Waals surface area contributed by atoms with E-state index in [0.717, 1.165) is 16.1 Å². The van der Waals surface area contributed by atoms with Crippen LogP contribution in [0.25, 0.3) is 21.8 Å². The zero-order valence-corrected chi connectivity index (χ0v) is 15.6. The average Bonchev–Trinajstić information content (AvgIpc) is 3.21. The SMILES string of the molecule is CC(C)(C)[C@@H]1Cn2ncc(-c3cccs3)c2-c2cc(=O)c(C(=O)O)cn21. The molecule has 7 heteroatoms. The second-order valence-corrected chi connectivity index (χ2v) is 8.54. The Balaban J connectivity index is 2.02. The number of hydrogen-bond donors (Lipinski definition) is 1. The first-order chi connectivity index (χ1) is 12.3. The number of carboxylic acids is 1. The number of aromatic nitrogens is 3. The number of aromatic carboxylic acids is 1. The lowest BCUT2D eigenvalue weighted by Gasteiger charge is -2.38. The molecule has 1 aliphatic rings. The minimum absolute atomic E-state index is 0.0141. The molecule has 4 rings (SSSR count). The van der Waals surface area contributed by atoms with E-state index in [1.54, 1.807) is 11.3 Å². The molecule has 1 aliphatic heterocycles. The lowest BCUT2D eigenvalue weighted by molar-refractivity contribution is 0.0693. The van der Waals surface area contributed by atoms with E-state index < -0.39 is 11.4 Å². The first kappa shape index (κ1) is 16.8. The van der Waals surface area contributed by atoms with Crippen molar-refractivity contribution in [3.05, 3.63) is 51.8 Å². The maximum Gasteiger partial charge on any atom is 0.341 e. The molecule has 0 saturated carbocycles. The maximum absolute atomic E-state index is 12.4. The molecule has 0 aliphatic carbocycles. The average molecular weight is 369 g/mol. The zero-order valence-electron chi connectivity index (χ0n) is 14.8. The molecule has 3 aromatic rings. The summed E-state index contributed by atoms with van der Waals surface area (Å²) in [5.74, 6) is -1.20. The van der Waals surface area contributed by atoms with E-state index in [2.05, 4.69) is 25.9 Å².